The van der Waals surface area contributed by atoms with Gasteiger partial charge in [-0.2, -0.15) is 0 Å². The highest BCUT2D eigenvalue weighted by atomic mass is 32.2. The third-order valence-electron chi connectivity index (χ3n) is 4.31. The average Bonchev–Trinajstić information content (AvgIpc) is 2.43. The van der Waals surface area contributed by atoms with E-state index >= 15 is 0 Å². The van der Waals surface area contributed by atoms with E-state index in [9.17, 15) is 4.79 Å². The Hall–Kier alpha value is -0.960. The van der Waals surface area contributed by atoms with Crippen molar-refractivity contribution in [3.05, 3.63) is 29.3 Å². The van der Waals surface area contributed by atoms with Gasteiger partial charge >= 0.3 is 0 Å². The zero-order valence-corrected chi connectivity index (χ0v) is 13.6. The summed E-state index contributed by atoms with van der Waals surface area (Å²) in [6.07, 6.45) is 4.95. The van der Waals surface area contributed by atoms with Crippen LogP contribution in [0.15, 0.2) is 23.1 Å². The summed E-state index contributed by atoms with van der Waals surface area (Å²) >= 11 is 1.63. The molecule has 2 nitrogen and oxygen atoms in total. The third kappa shape index (κ3) is 4.27. The summed E-state index contributed by atoms with van der Waals surface area (Å²) in [4.78, 5) is 13.2. The summed E-state index contributed by atoms with van der Waals surface area (Å²) in [5.41, 5.74) is 2.59. The maximum Gasteiger partial charge on any atom is 0.230 e. The number of carbonyl (C=O) groups excluding carboxylic acids is 1. The predicted octanol–water partition coefficient (Wildman–Crippen LogP) is 4.09. The van der Waals surface area contributed by atoms with Crippen LogP contribution in [0.2, 0.25) is 0 Å². The Bertz CT molecular complexity index is 472. The SMILES string of the molecule is Cc1ccc(SCC(=O)N[C@H]2CCCC[C@@H]2C)cc1C. The van der Waals surface area contributed by atoms with Crippen LogP contribution in [0.3, 0.4) is 0 Å². The van der Waals surface area contributed by atoms with E-state index in [1.165, 1.54) is 35.3 Å². The Morgan fingerprint density at radius 3 is 2.70 bits per heavy atom. The standard InChI is InChI=1S/C17H25NOS/c1-12-8-9-15(10-14(12)3)20-11-17(19)18-16-7-5-4-6-13(16)2/h8-10,13,16H,4-7,11H2,1-3H3,(H,18,19)/t13-,16-/m0/s1. The Morgan fingerprint density at radius 1 is 1.25 bits per heavy atom. The Morgan fingerprint density at radius 2 is 2.00 bits per heavy atom. The monoisotopic (exact) mass is 291 g/mol. The lowest BCUT2D eigenvalue weighted by atomic mass is 9.86. The number of hydrogen-bond donors (Lipinski definition) is 1. The molecule has 1 saturated carbocycles. The van der Waals surface area contributed by atoms with Gasteiger partial charge in [0.15, 0.2) is 0 Å². The van der Waals surface area contributed by atoms with Crippen molar-refractivity contribution in [2.24, 2.45) is 5.92 Å². The van der Waals surface area contributed by atoms with Gasteiger partial charge in [-0.05, 0) is 55.9 Å². The largest absolute Gasteiger partial charge is 0.352 e. The molecule has 0 unspecified atom stereocenters. The highest BCUT2D eigenvalue weighted by molar-refractivity contribution is 8.00. The minimum absolute atomic E-state index is 0.173. The van der Waals surface area contributed by atoms with Gasteiger partial charge < -0.3 is 5.32 Å². The van der Waals surface area contributed by atoms with Crippen molar-refractivity contribution in [1.29, 1.82) is 0 Å². The molecule has 0 saturated heterocycles. The zero-order chi connectivity index (χ0) is 14.5. The number of hydrogen-bond acceptors (Lipinski definition) is 2. The number of amides is 1. The van der Waals surface area contributed by atoms with E-state index in [4.69, 9.17) is 0 Å². The van der Waals surface area contributed by atoms with Gasteiger partial charge in [-0.25, -0.2) is 0 Å². The third-order valence-corrected chi connectivity index (χ3v) is 5.30. The lowest BCUT2D eigenvalue weighted by molar-refractivity contribution is -0.119. The first kappa shape index (κ1) is 15.4. The zero-order valence-electron chi connectivity index (χ0n) is 12.7. The van der Waals surface area contributed by atoms with Crippen LogP contribution in [0.5, 0.6) is 0 Å². The van der Waals surface area contributed by atoms with Crippen LogP contribution in [0.1, 0.15) is 43.7 Å². The highest BCUT2D eigenvalue weighted by Crippen LogP contribution is 2.24. The summed E-state index contributed by atoms with van der Waals surface area (Å²) < 4.78 is 0. The van der Waals surface area contributed by atoms with E-state index in [0.29, 0.717) is 17.7 Å². The van der Waals surface area contributed by atoms with Crippen molar-refractivity contribution < 1.29 is 4.79 Å². The predicted molar refractivity (Wildman–Crippen MR) is 86.2 cm³/mol. The van der Waals surface area contributed by atoms with Gasteiger partial charge in [0.1, 0.15) is 0 Å². The van der Waals surface area contributed by atoms with Gasteiger partial charge in [-0.1, -0.05) is 25.8 Å². The molecule has 2 rings (SSSR count). The Labute approximate surface area is 126 Å². The summed E-state index contributed by atoms with van der Waals surface area (Å²) in [5, 5.41) is 3.21. The molecule has 1 aromatic carbocycles. The van der Waals surface area contributed by atoms with Gasteiger partial charge in [-0.3, -0.25) is 4.79 Å². The number of nitrogens with one attached hydrogen (secondary N) is 1. The second kappa shape index (κ2) is 7.16. The number of thioether (sulfide) groups is 1. The molecule has 1 aliphatic carbocycles. The van der Waals surface area contributed by atoms with Crippen molar-refractivity contribution in [2.45, 2.75) is 57.4 Å². The number of aryl methyl sites for hydroxylation is 2. The number of rotatable bonds is 4. The van der Waals surface area contributed by atoms with Crippen molar-refractivity contribution >= 4 is 17.7 Å². The second-order valence-corrected chi connectivity index (χ2v) is 7.02. The van der Waals surface area contributed by atoms with E-state index < -0.39 is 0 Å². The second-order valence-electron chi connectivity index (χ2n) is 5.97. The molecule has 1 fully saturated rings. The molecule has 1 aromatic rings. The van der Waals surface area contributed by atoms with E-state index in [2.05, 4.69) is 44.3 Å². The molecule has 1 N–H and O–H groups in total. The van der Waals surface area contributed by atoms with E-state index in [1.807, 2.05) is 0 Å². The lowest BCUT2D eigenvalue weighted by Gasteiger charge is -2.29. The molecule has 1 aliphatic rings. The van der Waals surface area contributed by atoms with Crippen LogP contribution in [0.4, 0.5) is 0 Å². The topological polar surface area (TPSA) is 29.1 Å². The molecule has 2 atom stereocenters. The maximum atomic E-state index is 12.1. The van der Waals surface area contributed by atoms with Crippen molar-refractivity contribution in [3.8, 4) is 0 Å². The molecule has 0 aliphatic heterocycles. The number of benzene rings is 1. The van der Waals surface area contributed by atoms with Gasteiger partial charge in [-0.15, -0.1) is 11.8 Å². The minimum Gasteiger partial charge on any atom is -0.352 e. The van der Waals surface area contributed by atoms with Crippen LogP contribution < -0.4 is 5.32 Å². The molecular formula is C17H25NOS. The first-order valence-corrected chi connectivity index (χ1v) is 8.54. The van der Waals surface area contributed by atoms with Crippen molar-refractivity contribution in [1.82, 2.24) is 5.32 Å². The first-order valence-electron chi connectivity index (χ1n) is 7.55. The molecule has 3 heteroatoms. The quantitative estimate of drug-likeness (QED) is 0.847. The van der Waals surface area contributed by atoms with Gasteiger partial charge in [0.2, 0.25) is 5.91 Å². The normalized spacial score (nSPS) is 22.6. The van der Waals surface area contributed by atoms with Gasteiger partial charge in [0, 0.05) is 10.9 Å². The molecule has 20 heavy (non-hydrogen) atoms. The molecule has 110 valence electrons. The Balaban J connectivity index is 1.81. The summed E-state index contributed by atoms with van der Waals surface area (Å²) in [5.74, 6) is 1.32. The molecule has 0 bridgehead atoms. The van der Waals surface area contributed by atoms with Crippen molar-refractivity contribution in [2.75, 3.05) is 5.75 Å². The van der Waals surface area contributed by atoms with Crippen LogP contribution in [0.25, 0.3) is 0 Å². The van der Waals surface area contributed by atoms with Crippen LogP contribution in [-0.2, 0) is 4.79 Å². The maximum absolute atomic E-state index is 12.1. The van der Waals surface area contributed by atoms with Crippen LogP contribution in [-0.4, -0.2) is 17.7 Å². The van der Waals surface area contributed by atoms with E-state index in [-0.39, 0.29) is 5.91 Å². The molecule has 1 amide bonds. The lowest BCUT2D eigenvalue weighted by Crippen LogP contribution is -2.41. The fraction of sp³-hybridized carbons (Fsp3) is 0.588. The van der Waals surface area contributed by atoms with E-state index in [0.717, 1.165) is 6.42 Å². The van der Waals surface area contributed by atoms with Crippen LogP contribution in [0, 0.1) is 19.8 Å². The summed E-state index contributed by atoms with van der Waals surface area (Å²) in [6, 6.07) is 6.77. The number of carbonyl (C=O) groups is 1. The van der Waals surface area contributed by atoms with Gasteiger partial charge in [0.25, 0.3) is 0 Å². The molecular weight excluding hydrogens is 266 g/mol. The fourth-order valence-corrected chi connectivity index (χ4v) is 3.54. The smallest absolute Gasteiger partial charge is 0.230 e. The van der Waals surface area contributed by atoms with E-state index in [1.54, 1.807) is 11.8 Å². The highest BCUT2D eigenvalue weighted by Gasteiger charge is 2.22. The first-order chi connectivity index (χ1) is 9.56. The molecule has 0 radical (unpaired) electrons. The molecule has 0 heterocycles. The molecule has 0 spiro atoms. The fourth-order valence-electron chi connectivity index (χ4n) is 2.73. The summed E-state index contributed by atoms with van der Waals surface area (Å²) in [6.45, 7) is 6.48. The summed E-state index contributed by atoms with van der Waals surface area (Å²) in [7, 11) is 0. The molecule has 0 aromatic heterocycles. The Kier molecular flexibility index (Phi) is 5.53. The minimum atomic E-state index is 0.173. The van der Waals surface area contributed by atoms with Crippen molar-refractivity contribution in [3.63, 3.8) is 0 Å². The van der Waals surface area contributed by atoms with Crippen LogP contribution >= 0.6 is 11.8 Å². The average molecular weight is 291 g/mol. The van der Waals surface area contributed by atoms with Gasteiger partial charge in [0.05, 0.1) is 5.75 Å².